The molecule has 2 aromatic carbocycles. The molecule has 0 atom stereocenters. The molecular weight excluding hydrogens is 316 g/mol. The van der Waals surface area contributed by atoms with Crippen molar-refractivity contribution in [3.05, 3.63) is 59.7 Å². The summed E-state index contributed by atoms with van der Waals surface area (Å²) in [5.41, 5.74) is 4.74. The molecule has 0 unspecified atom stereocenters. The summed E-state index contributed by atoms with van der Waals surface area (Å²) in [4.78, 5) is 11.7. The van der Waals surface area contributed by atoms with Crippen molar-refractivity contribution >= 4 is 12.1 Å². The molecule has 1 N–H and O–H groups in total. The van der Waals surface area contributed by atoms with Gasteiger partial charge >= 0.3 is 0 Å². The van der Waals surface area contributed by atoms with Gasteiger partial charge in [0.05, 0.1) is 13.3 Å². The number of ether oxygens (including phenoxy) is 2. The Labute approximate surface area is 148 Å². The lowest BCUT2D eigenvalue weighted by Gasteiger charge is -2.18. The fourth-order valence-electron chi connectivity index (χ4n) is 2.10. The third kappa shape index (κ3) is 5.95. The normalized spacial score (nSPS) is 11.4. The highest BCUT2D eigenvalue weighted by molar-refractivity contribution is 5.82. The molecule has 2 aromatic rings. The van der Waals surface area contributed by atoms with Crippen LogP contribution in [0.4, 0.5) is 0 Å². The second-order valence-corrected chi connectivity index (χ2v) is 6.63. The number of carbonyl (C=O) groups is 1. The van der Waals surface area contributed by atoms with Crippen molar-refractivity contribution < 1.29 is 14.3 Å². The van der Waals surface area contributed by atoms with Gasteiger partial charge in [-0.1, -0.05) is 45.0 Å². The molecule has 0 heterocycles. The first-order valence-electron chi connectivity index (χ1n) is 8.08. The zero-order valence-electron chi connectivity index (χ0n) is 15.1. The molecule has 5 heteroatoms. The smallest absolute Gasteiger partial charge is 0.277 e. The lowest BCUT2D eigenvalue weighted by atomic mass is 9.87. The number of benzene rings is 2. The van der Waals surface area contributed by atoms with Gasteiger partial charge in [0.2, 0.25) is 0 Å². The predicted octanol–water partition coefficient (Wildman–Crippen LogP) is 3.52. The van der Waals surface area contributed by atoms with E-state index in [9.17, 15) is 4.79 Å². The molecule has 0 aliphatic rings. The summed E-state index contributed by atoms with van der Waals surface area (Å²) in [5.74, 6) is 1.01. The molecule has 0 aliphatic heterocycles. The van der Waals surface area contributed by atoms with Crippen LogP contribution in [-0.4, -0.2) is 25.8 Å². The quantitative estimate of drug-likeness (QED) is 0.646. The number of carbonyl (C=O) groups excluding carboxylic acids is 1. The Hall–Kier alpha value is -2.82. The van der Waals surface area contributed by atoms with E-state index in [1.807, 2.05) is 12.1 Å². The average molecular weight is 340 g/mol. The second kappa shape index (κ2) is 8.33. The highest BCUT2D eigenvalue weighted by atomic mass is 16.5. The van der Waals surface area contributed by atoms with Crippen LogP contribution >= 0.6 is 0 Å². The van der Waals surface area contributed by atoms with E-state index in [1.165, 1.54) is 5.56 Å². The summed E-state index contributed by atoms with van der Waals surface area (Å²) in [6, 6.07) is 15.1. The topological polar surface area (TPSA) is 59.9 Å². The Kier molecular flexibility index (Phi) is 6.17. The molecule has 0 fully saturated rings. The van der Waals surface area contributed by atoms with Gasteiger partial charge in [0.1, 0.15) is 11.5 Å². The van der Waals surface area contributed by atoms with Gasteiger partial charge in [-0.3, -0.25) is 4.79 Å². The molecule has 1 amide bonds. The van der Waals surface area contributed by atoms with Crippen molar-refractivity contribution in [1.82, 2.24) is 5.43 Å². The van der Waals surface area contributed by atoms with Crippen LogP contribution in [0.3, 0.4) is 0 Å². The minimum Gasteiger partial charge on any atom is -0.497 e. The Balaban J connectivity index is 1.79. The van der Waals surface area contributed by atoms with Crippen LogP contribution in [0.15, 0.2) is 53.6 Å². The van der Waals surface area contributed by atoms with E-state index in [4.69, 9.17) is 9.47 Å². The number of nitrogens with zero attached hydrogens (tertiary/aromatic N) is 1. The number of rotatable bonds is 6. The number of hydrogen-bond acceptors (Lipinski definition) is 4. The standard InChI is InChI=1S/C20H24N2O3/c1-20(2,3)16-7-5-15(6-8-16)13-21-22-19(23)14-25-18-11-9-17(24-4)10-12-18/h5-13H,14H2,1-4H3,(H,22,23)/b21-13-. The average Bonchev–Trinajstić information content (AvgIpc) is 2.60. The van der Waals surface area contributed by atoms with Crippen LogP contribution in [0.2, 0.25) is 0 Å². The predicted molar refractivity (Wildman–Crippen MR) is 99.4 cm³/mol. The second-order valence-electron chi connectivity index (χ2n) is 6.63. The molecule has 0 radical (unpaired) electrons. The lowest BCUT2D eigenvalue weighted by molar-refractivity contribution is -0.123. The molecule has 5 nitrogen and oxygen atoms in total. The monoisotopic (exact) mass is 340 g/mol. The van der Waals surface area contributed by atoms with Crippen LogP contribution in [0.5, 0.6) is 11.5 Å². The van der Waals surface area contributed by atoms with Crippen LogP contribution in [0.1, 0.15) is 31.9 Å². The maximum Gasteiger partial charge on any atom is 0.277 e. The molecule has 0 bridgehead atoms. The summed E-state index contributed by atoms with van der Waals surface area (Å²) in [6.07, 6.45) is 1.61. The van der Waals surface area contributed by atoms with Gasteiger partial charge in [-0.15, -0.1) is 0 Å². The SMILES string of the molecule is COc1ccc(OCC(=O)N/N=C\c2ccc(C(C)(C)C)cc2)cc1. The summed E-state index contributed by atoms with van der Waals surface area (Å²) in [6.45, 7) is 6.39. The molecule has 2 rings (SSSR count). The zero-order chi connectivity index (χ0) is 18.3. The number of hydrazone groups is 1. The molecule has 0 aliphatic carbocycles. The van der Waals surface area contributed by atoms with Crippen LogP contribution in [0, 0.1) is 0 Å². The number of methoxy groups -OCH3 is 1. The Morgan fingerprint density at radius 1 is 1.04 bits per heavy atom. The van der Waals surface area contributed by atoms with E-state index in [2.05, 4.69) is 43.4 Å². The van der Waals surface area contributed by atoms with E-state index in [1.54, 1.807) is 37.6 Å². The van der Waals surface area contributed by atoms with E-state index >= 15 is 0 Å². The van der Waals surface area contributed by atoms with E-state index in [0.29, 0.717) is 5.75 Å². The van der Waals surface area contributed by atoms with Gasteiger partial charge < -0.3 is 9.47 Å². The molecule has 0 saturated heterocycles. The van der Waals surface area contributed by atoms with Crippen molar-refractivity contribution in [3.63, 3.8) is 0 Å². The van der Waals surface area contributed by atoms with Crippen molar-refractivity contribution in [2.24, 2.45) is 5.10 Å². The van der Waals surface area contributed by atoms with Crippen LogP contribution < -0.4 is 14.9 Å². The molecule has 0 saturated carbocycles. The van der Waals surface area contributed by atoms with E-state index < -0.39 is 0 Å². The van der Waals surface area contributed by atoms with Crippen molar-refractivity contribution in [1.29, 1.82) is 0 Å². The third-order valence-electron chi connectivity index (χ3n) is 3.61. The van der Waals surface area contributed by atoms with Crippen molar-refractivity contribution in [2.75, 3.05) is 13.7 Å². The fourth-order valence-corrected chi connectivity index (χ4v) is 2.10. The van der Waals surface area contributed by atoms with Crippen molar-refractivity contribution in [3.8, 4) is 11.5 Å². The van der Waals surface area contributed by atoms with E-state index in [-0.39, 0.29) is 17.9 Å². The summed E-state index contributed by atoms with van der Waals surface area (Å²) in [5, 5.41) is 3.95. The van der Waals surface area contributed by atoms with Gasteiger partial charge in [-0.05, 0) is 40.8 Å². The minimum atomic E-state index is -0.321. The molecular formula is C20H24N2O3. The van der Waals surface area contributed by atoms with Gasteiger partial charge in [0, 0.05) is 0 Å². The highest BCUT2D eigenvalue weighted by Gasteiger charge is 2.12. The summed E-state index contributed by atoms with van der Waals surface area (Å²) >= 11 is 0. The lowest BCUT2D eigenvalue weighted by Crippen LogP contribution is -2.24. The maximum absolute atomic E-state index is 11.7. The number of amides is 1. The van der Waals surface area contributed by atoms with Gasteiger partial charge in [-0.2, -0.15) is 5.10 Å². The number of hydrogen-bond donors (Lipinski definition) is 1. The minimum absolute atomic E-state index is 0.105. The van der Waals surface area contributed by atoms with Crippen LogP contribution in [0.25, 0.3) is 0 Å². The van der Waals surface area contributed by atoms with Gasteiger partial charge in [-0.25, -0.2) is 5.43 Å². The summed E-state index contributed by atoms with van der Waals surface area (Å²) < 4.78 is 10.4. The summed E-state index contributed by atoms with van der Waals surface area (Å²) in [7, 11) is 1.60. The van der Waals surface area contributed by atoms with E-state index in [0.717, 1.165) is 11.3 Å². The first-order chi connectivity index (χ1) is 11.9. The first kappa shape index (κ1) is 18.5. The molecule has 0 spiro atoms. The Bertz CT molecular complexity index is 714. The molecule has 0 aromatic heterocycles. The largest absolute Gasteiger partial charge is 0.497 e. The molecule has 25 heavy (non-hydrogen) atoms. The van der Waals surface area contributed by atoms with Crippen LogP contribution in [-0.2, 0) is 10.2 Å². The Morgan fingerprint density at radius 2 is 1.64 bits per heavy atom. The fraction of sp³-hybridized carbons (Fsp3) is 0.300. The highest BCUT2D eigenvalue weighted by Crippen LogP contribution is 2.21. The van der Waals surface area contributed by atoms with Crippen molar-refractivity contribution in [2.45, 2.75) is 26.2 Å². The Morgan fingerprint density at radius 3 is 2.20 bits per heavy atom. The number of nitrogens with one attached hydrogen (secondary N) is 1. The first-order valence-corrected chi connectivity index (χ1v) is 8.08. The molecule has 132 valence electrons. The zero-order valence-corrected chi connectivity index (χ0v) is 15.1. The van der Waals surface area contributed by atoms with Gasteiger partial charge in [0.25, 0.3) is 5.91 Å². The maximum atomic E-state index is 11.7. The third-order valence-corrected chi connectivity index (χ3v) is 3.61. The van der Waals surface area contributed by atoms with Gasteiger partial charge in [0.15, 0.2) is 6.61 Å².